The zero-order valence-corrected chi connectivity index (χ0v) is 36.0. The van der Waals surface area contributed by atoms with Crippen LogP contribution in [0.4, 0.5) is 0 Å². The van der Waals surface area contributed by atoms with Gasteiger partial charge in [-0.1, -0.05) is 54.9 Å². The predicted molar refractivity (Wildman–Crippen MR) is 230 cm³/mol. The lowest BCUT2D eigenvalue weighted by Gasteiger charge is -2.21. The Bertz CT molecular complexity index is 2110. The van der Waals surface area contributed by atoms with Crippen molar-refractivity contribution in [3.63, 3.8) is 0 Å². The number of nitrogens with one attached hydrogen (secondary N) is 2. The number of carbonyl (C=O) groups excluding carboxylic acids is 3. The molecule has 2 aromatic carbocycles. The monoisotopic (exact) mass is 884 g/mol. The van der Waals surface area contributed by atoms with Crippen LogP contribution in [0.1, 0.15) is 134 Å². The fraction of sp³-hybridized carbons (Fsp3) is 0.535. The molecular weight excluding hydrogens is 831 g/mol. The molecule has 0 spiro atoms. The number of amides is 2. The van der Waals surface area contributed by atoms with Crippen molar-refractivity contribution in [2.75, 3.05) is 0 Å². The molecule has 4 aliphatic carbocycles. The average Bonchev–Trinajstić information content (AvgIpc) is 3.66. The predicted octanol–water partition coefficient (Wildman–Crippen LogP) is 8.39. The summed E-state index contributed by atoms with van der Waals surface area (Å²) in [4.78, 5) is 48.3. The van der Waals surface area contributed by atoms with Crippen LogP contribution >= 0.6 is 35.6 Å². The van der Waals surface area contributed by atoms with E-state index in [1.165, 1.54) is 6.20 Å². The van der Waals surface area contributed by atoms with Gasteiger partial charge in [-0.15, -0.1) is 22.6 Å². The minimum Gasteiger partial charge on any atom is -0.476 e. The highest BCUT2D eigenvalue weighted by Gasteiger charge is 2.60. The van der Waals surface area contributed by atoms with E-state index in [2.05, 4.69) is 45.1 Å². The van der Waals surface area contributed by atoms with Crippen LogP contribution in [0, 0.1) is 35.5 Å². The third-order valence-corrected chi connectivity index (χ3v) is 12.7. The Morgan fingerprint density at radius 3 is 1.42 bits per heavy atom. The van der Waals surface area contributed by atoms with Crippen LogP contribution < -0.4 is 10.6 Å². The summed E-state index contributed by atoms with van der Waals surface area (Å²) in [5.74, 6) is 1.56. The van der Waals surface area contributed by atoms with E-state index in [0.29, 0.717) is 56.7 Å². The van der Waals surface area contributed by atoms with Gasteiger partial charge < -0.3 is 20.5 Å². The lowest BCUT2D eigenvalue weighted by molar-refractivity contribution is 0.00622. The van der Waals surface area contributed by atoms with Gasteiger partial charge in [-0.3, -0.25) is 9.59 Å². The molecule has 10 atom stereocenters. The Labute approximate surface area is 366 Å². The molecule has 4 fully saturated rings. The van der Waals surface area contributed by atoms with Gasteiger partial charge in [0.2, 0.25) is 0 Å². The first-order chi connectivity index (χ1) is 27.6. The van der Waals surface area contributed by atoms with E-state index in [1.807, 2.05) is 20.8 Å². The Balaban J connectivity index is 0.000000222. The van der Waals surface area contributed by atoms with E-state index in [9.17, 15) is 19.2 Å². The zero-order chi connectivity index (χ0) is 41.5. The van der Waals surface area contributed by atoms with Crippen molar-refractivity contribution in [2.45, 2.75) is 110 Å². The second-order valence-corrected chi connectivity index (χ2v) is 17.9. The van der Waals surface area contributed by atoms with E-state index in [-0.39, 0.29) is 67.2 Å². The quantitative estimate of drug-likeness (QED) is 0.117. The van der Waals surface area contributed by atoms with Crippen LogP contribution in [-0.2, 0) is 4.74 Å². The molecule has 2 aromatic heterocycles. The summed E-state index contributed by atoms with van der Waals surface area (Å²) in [5, 5.41) is 32.4. The molecule has 0 saturated heterocycles. The van der Waals surface area contributed by atoms with Crippen molar-refractivity contribution in [1.82, 2.24) is 40.6 Å². The summed E-state index contributed by atoms with van der Waals surface area (Å²) in [7, 11) is 0. The highest BCUT2D eigenvalue weighted by atomic mass is 35.5. The molecule has 2 amide bonds. The Kier molecular flexibility index (Phi) is 14.8. The van der Waals surface area contributed by atoms with Gasteiger partial charge in [0.05, 0.1) is 24.5 Å². The molecule has 324 valence electrons. The van der Waals surface area contributed by atoms with E-state index in [4.69, 9.17) is 33.0 Å². The van der Waals surface area contributed by atoms with Crippen LogP contribution in [0.15, 0.2) is 60.9 Å². The normalized spacial score (nSPS) is 25.4. The lowest BCUT2D eigenvalue weighted by Crippen LogP contribution is -2.37. The van der Waals surface area contributed by atoms with Crippen molar-refractivity contribution in [3.8, 4) is 0 Å². The Hall–Kier alpha value is -4.53. The molecule has 2 heterocycles. The second-order valence-electron chi connectivity index (χ2n) is 17.0. The first kappa shape index (κ1) is 46.5. The topological polar surface area (TPSA) is 183 Å². The number of rotatable bonds is 12. The minimum atomic E-state index is -1.06. The molecule has 14 nitrogen and oxygen atoms in total. The number of hydrogen-bond donors (Lipinski definition) is 3. The maximum absolute atomic E-state index is 12.6. The molecule has 6 unspecified atom stereocenters. The van der Waals surface area contributed by atoms with E-state index in [1.54, 1.807) is 64.1 Å². The van der Waals surface area contributed by atoms with Crippen molar-refractivity contribution in [3.05, 3.63) is 93.5 Å². The molecule has 60 heavy (non-hydrogen) atoms. The number of aromatic nitrogens is 6. The number of nitrogens with zero attached hydrogens (tertiary/aromatic N) is 6. The Morgan fingerprint density at radius 2 is 1.08 bits per heavy atom. The third-order valence-electron chi connectivity index (χ3n) is 12.2. The van der Waals surface area contributed by atoms with E-state index < -0.39 is 17.5 Å². The van der Waals surface area contributed by atoms with E-state index in [0.717, 1.165) is 38.5 Å². The van der Waals surface area contributed by atoms with Gasteiger partial charge in [0.25, 0.3) is 11.8 Å². The maximum Gasteiger partial charge on any atom is 0.361 e. The summed E-state index contributed by atoms with van der Waals surface area (Å²) in [6.45, 7) is 9.69. The number of carboxylic acid groups (broad SMARTS) is 1. The number of ether oxygens (including phenoxy) is 1. The summed E-state index contributed by atoms with van der Waals surface area (Å²) in [6, 6.07) is 14.6. The second kappa shape index (κ2) is 19.0. The largest absolute Gasteiger partial charge is 0.476 e. The molecular formula is C43H55Cl3N8O6. The van der Waals surface area contributed by atoms with Crippen LogP contribution in [0.5, 0.6) is 0 Å². The number of hydrogen-bond acceptors (Lipinski definition) is 9. The molecule has 17 heteroatoms. The van der Waals surface area contributed by atoms with Crippen LogP contribution in [0.25, 0.3) is 0 Å². The fourth-order valence-corrected chi connectivity index (χ4v) is 9.68. The van der Waals surface area contributed by atoms with Crippen molar-refractivity contribution >= 4 is 59.4 Å². The molecule has 0 radical (unpaired) electrons. The van der Waals surface area contributed by atoms with Gasteiger partial charge in [-0.25, -0.2) is 19.0 Å². The van der Waals surface area contributed by atoms with Crippen LogP contribution in [0.3, 0.4) is 0 Å². The van der Waals surface area contributed by atoms with Gasteiger partial charge >= 0.3 is 11.9 Å². The molecule has 0 aliphatic heterocycles. The number of esters is 1. The number of aromatic carboxylic acids is 1. The summed E-state index contributed by atoms with van der Waals surface area (Å²) in [5.41, 5.74) is 0.908. The van der Waals surface area contributed by atoms with Gasteiger partial charge in [-0.05, 0) is 143 Å². The number of halogens is 3. The number of benzene rings is 2. The van der Waals surface area contributed by atoms with Crippen molar-refractivity contribution in [1.29, 1.82) is 0 Å². The smallest absolute Gasteiger partial charge is 0.361 e. The molecule has 0 bridgehead atoms. The maximum atomic E-state index is 12.6. The molecule has 3 N–H and O–H groups in total. The molecule has 4 saturated carbocycles. The number of fused-ring (bicyclic) bond motifs is 2. The highest BCUT2D eigenvalue weighted by molar-refractivity contribution is 6.31. The summed E-state index contributed by atoms with van der Waals surface area (Å²) >= 11 is 11.8. The summed E-state index contributed by atoms with van der Waals surface area (Å²) < 4.78 is 8.85. The lowest BCUT2D eigenvalue weighted by atomic mass is 9.99. The van der Waals surface area contributed by atoms with Gasteiger partial charge in [0.1, 0.15) is 5.60 Å². The van der Waals surface area contributed by atoms with E-state index >= 15 is 0 Å². The first-order valence-corrected chi connectivity index (χ1v) is 20.8. The van der Waals surface area contributed by atoms with Gasteiger partial charge in [0, 0.05) is 33.3 Å². The minimum absolute atomic E-state index is 0. The standard InChI is InChI=1S/C23H29ClN4O3.C19H21ClN4O3.CH4.ClH/c1-5-18(25-21(29)13-6-8-14(24)9-7-13)20-16-10-15(11-17(16)20)28-12-19(26-27-28)22(30)31-23(2,3)4;1-2-15(21-18(25)10-3-5-11(20)6-4-10)17-13-7-12(8-14(13)17)24-9-16(19(26)27)22-23-24;;/h6-9,12,15-18,20H,5,10-11H2,1-4H3,(H,25,29);3-6,9,12-15,17H,2,7-8H2,1H3,(H,21,25)(H,26,27);1H4;1H/t15?,16-,17+,18?,20?;12?,13-,14+,15?,17?;;. The van der Waals surface area contributed by atoms with Gasteiger partial charge in [0.15, 0.2) is 11.4 Å². The number of carbonyl (C=O) groups is 4. The molecule has 8 rings (SSSR count). The fourth-order valence-electron chi connectivity index (χ4n) is 9.43. The molecule has 4 aliphatic rings. The number of carboxylic acids is 1. The van der Waals surface area contributed by atoms with Gasteiger partial charge in [-0.2, -0.15) is 0 Å². The third kappa shape index (κ3) is 10.5. The zero-order valence-electron chi connectivity index (χ0n) is 33.6. The molecule has 4 aromatic rings. The van der Waals surface area contributed by atoms with Crippen LogP contribution in [-0.4, -0.2) is 76.5 Å². The van der Waals surface area contributed by atoms with Crippen molar-refractivity contribution < 1.29 is 29.0 Å². The average molecular weight is 886 g/mol. The first-order valence-electron chi connectivity index (χ1n) is 20.1. The Morgan fingerprint density at radius 1 is 0.717 bits per heavy atom. The SMILES string of the molecule is C.CCC(NC(=O)c1ccc(Cl)cc1)C1[C@H]2CC(n3cc(C(=O)O)nn3)C[C@@H]12.CCC(NC(=O)c1ccc(Cl)cc1)C1[C@H]2CC(n3cc(C(=O)OC(C)(C)C)nn3)C[C@@H]12.Cl. The highest BCUT2D eigenvalue weighted by Crippen LogP contribution is 2.63. The van der Waals surface area contributed by atoms with Crippen LogP contribution in [0.2, 0.25) is 10.0 Å². The van der Waals surface area contributed by atoms with Crippen molar-refractivity contribution in [2.24, 2.45) is 35.5 Å². The summed E-state index contributed by atoms with van der Waals surface area (Å²) in [6.07, 6.45) is 8.85.